The van der Waals surface area contributed by atoms with Crippen LogP contribution < -0.4 is 5.32 Å². The minimum atomic E-state index is -1.21. The molecule has 0 aliphatic rings. The highest BCUT2D eigenvalue weighted by Gasteiger charge is 2.10. The van der Waals surface area contributed by atoms with Gasteiger partial charge in [-0.1, -0.05) is 36.4 Å². The van der Waals surface area contributed by atoms with Crippen LogP contribution in [0.15, 0.2) is 48.5 Å². The number of benzene rings is 2. The molecular formula is C16H15NO5. The number of carbonyl (C=O) groups is 2. The fourth-order valence-corrected chi connectivity index (χ4v) is 1.82. The number of hydrogen-bond donors (Lipinski definition) is 3. The molecule has 0 aliphatic heterocycles. The van der Waals surface area contributed by atoms with Gasteiger partial charge >= 0.3 is 12.1 Å². The van der Waals surface area contributed by atoms with E-state index < -0.39 is 12.1 Å². The molecule has 1 amide bonds. The van der Waals surface area contributed by atoms with Crippen LogP contribution in [-0.2, 0) is 17.9 Å². The van der Waals surface area contributed by atoms with Crippen molar-refractivity contribution in [3.05, 3.63) is 65.2 Å². The number of amides is 1. The molecule has 0 heterocycles. The molecule has 6 nitrogen and oxygen atoms in total. The first kappa shape index (κ1) is 15.4. The number of ether oxygens (including phenoxy) is 1. The highest BCUT2D eigenvalue weighted by Crippen LogP contribution is 2.18. The van der Waals surface area contributed by atoms with Crippen molar-refractivity contribution in [1.29, 1.82) is 0 Å². The molecule has 0 saturated heterocycles. The first-order valence-corrected chi connectivity index (χ1v) is 6.56. The molecule has 2 rings (SSSR count). The van der Waals surface area contributed by atoms with Crippen molar-refractivity contribution < 1.29 is 24.5 Å². The first-order valence-electron chi connectivity index (χ1n) is 6.56. The molecule has 6 heteroatoms. The first-order chi connectivity index (χ1) is 10.6. The van der Waals surface area contributed by atoms with Gasteiger partial charge in [0.15, 0.2) is 0 Å². The van der Waals surface area contributed by atoms with Crippen LogP contribution in [0.5, 0.6) is 5.75 Å². The topological polar surface area (TPSA) is 95.9 Å². The molecular weight excluding hydrogens is 286 g/mol. The average Bonchev–Trinajstić information content (AvgIpc) is 2.51. The van der Waals surface area contributed by atoms with Crippen LogP contribution in [0.2, 0.25) is 0 Å². The lowest BCUT2D eigenvalue weighted by atomic mass is 10.1. The quantitative estimate of drug-likeness (QED) is 0.788. The second-order valence-electron chi connectivity index (χ2n) is 4.57. The summed E-state index contributed by atoms with van der Waals surface area (Å²) in [5.74, 6) is -1.55. The number of aromatic carboxylic acids is 1. The number of aromatic hydroxyl groups is 1. The number of alkyl carbamates (subject to hydrolysis) is 1. The maximum absolute atomic E-state index is 11.6. The third kappa shape index (κ3) is 4.24. The van der Waals surface area contributed by atoms with Gasteiger partial charge in [-0.15, -0.1) is 0 Å². The fourth-order valence-electron chi connectivity index (χ4n) is 1.82. The Balaban J connectivity index is 1.83. The van der Waals surface area contributed by atoms with Gasteiger partial charge in [0, 0.05) is 6.54 Å². The Hall–Kier alpha value is -3.02. The molecule has 0 spiro atoms. The highest BCUT2D eigenvalue weighted by molar-refractivity contribution is 5.90. The second kappa shape index (κ2) is 7.12. The predicted octanol–water partition coefficient (Wildman–Crippen LogP) is 2.52. The number of carbonyl (C=O) groups excluding carboxylic acids is 1. The largest absolute Gasteiger partial charge is 0.507 e. The van der Waals surface area contributed by atoms with Gasteiger partial charge in [0.05, 0.1) is 0 Å². The third-order valence-electron chi connectivity index (χ3n) is 2.94. The summed E-state index contributed by atoms with van der Waals surface area (Å²) < 4.78 is 5.04. The SMILES string of the molecule is O=C(NCc1ccc(C(=O)O)c(O)c1)OCc1ccccc1. The fraction of sp³-hybridized carbons (Fsp3) is 0.125. The molecule has 22 heavy (non-hydrogen) atoms. The highest BCUT2D eigenvalue weighted by atomic mass is 16.5. The van der Waals surface area contributed by atoms with E-state index >= 15 is 0 Å². The Morgan fingerprint density at radius 1 is 1.05 bits per heavy atom. The Morgan fingerprint density at radius 3 is 2.41 bits per heavy atom. The van der Waals surface area contributed by atoms with Crippen molar-refractivity contribution in [3.8, 4) is 5.75 Å². The summed E-state index contributed by atoms with van der Waals surface area (Å²) in [7, 11) is 0. The Labute approximate surface area is 127 Å². The summed E-state index contributed by atoms with van der Waals surface area (Å²) in [6, 6.07) is 13.3. The molecule has 0 radical (unpaired) electrons. The van der Waals surface area contributed by atoms with Gasteiger partial charge < -0.3 is 20.3 Å². The van der Waals surface area contributed by atoms with Crippen LogP contribution in [0.3, 0.4) is 0 Å². The summed E-state index contributed by atoms with van der Waals surface area (Å²) in [6.45, 7) is 0.289. The van der Waals surface area contributed by atoms with Gasteiger partial charge in [0.2, 0.25) is 0 Å². The zero-order valence-electron chi connectivity index (χ0n) is 11.7. The maximum Gasteiger partial charge on any atom is 0.407 e. The summed E-state index contributed by atoms with van der Waals surface area (Å²) >= 11 is 0. The zero-order chi connectivity index (χ0) is 15.9. The van der Waals surface area contributed by atoms with E-state index in [1.54, 1.807) is 0 Å². The Bertz CT molecular complexity index is 669. The van der Waals surface area contributed by atoms with E-state index in [4.69, 9.17) is 9.84 Å². The van der Waals surface area contributed by atoms with Crippen LogP contribution >= 0.6 is 0 Å². The lowest BCUT2D eigenvalue weighted by Gasteiger charge is -2.08. The molecule has 114 valence electrons. The number of hydrogen-bond acceptors (Lipinski definition) is 4. The van der Waals surface area contributed by atoms with Crippen LogP contribution in [0.25, 0.3) is 0 Å². The lowest BCUT2D eigenvalue weighted by molar-refractivity contribution is 0.0693. The number of carboxylic acid groups (broad SMARTS) is 1. The van der Waals surface area contributed by atoms with E-state index in [9.17, 15) is 14.7 Å². The molecule has 2 aromatic rings. The number of phenols is 1. The third-order valence-corrected chi connectivity index (χ3v) is 2.94. The van der Waals surface area contributed by atoms with Gasteiger partial charge in [0.1, 0.15) is 17.9 Å². The van der Waals surface area contributed by atoms with E-state index in [1.807, 2.05) is 30.3 Å². The number of nitrogens with one attached hydrogen (secondary N) is 1. The van der Waals surface area contributed by atoms with E-state index in [-0.39, 0.29) is 24.5 Å². The lowest BCUT2D eigenvalue weighted by Crippen LogP contribution is -2.23. The van der Waals surface area contributed by atoms with Crippen molar-refractivity contribution in [2.24, 2.45) is 0 Å². The number of carboxylic acids is 1. The van der Waals surface area contributed by atoms with Crippen LogP contribution in [0, 0.1) is 0 Å². The van der Waals surface area contributed by atoms with Crippen molar-refractivity contribution in [2.75, 3.05) is 0 Å². The molecule has 0 saturated carbocycles. The summed E-state index contributed by atoms with van der Waals surface area (Å²) in [4.78, 5) is 22.3. The molecule has 0 fully saturated rings. The van der Waals surface area contributed by atoms with Crippen LogP contribution in [-0.4, -0.2) is 22.3 Å². The normalized spacial score (nSPS) is 10.0. The predicted molar refractivity (Wildman–Crippen MR) is 78.5 cm³/mol. The Kier molecular flexibility index (Phi) is 4.98. The molecule has 0 aliphatic carbocycles. The van der Waals surface area contributed by atoms with E-state index in [1.165, 1.54) is 18.2 Å². The van der Waals surface area contributed by atoms with Crippen molar-refractivity contribution in [2.45, 2.75) is 13.2 Å². The van der Waals surface area contributed by atoms with Crippen molar-refractivity contribution in [3.63, 3.8) is 0 Å². The molecule has 3 N–H and O–H groups in total. The summed E-state index contributed by atoms with van der Waals surface area (Å²) in [5, 5.41) is 20.9. The summed E-state index contributed by atoms with van der Waals surface area (Å²) in [6.07, 6.45) is -0.592. The van der Waals surface area contributed by atoms with Crippen molar-refractivity contribution >= 4 is 12.1 Å². The molecule has 0 atom stereocenters. The minimum absolute atomic E-state index is 0.126. The standard InChI is InChI=1S/C16H15NO5/c18-14-8-12(6-7-13(14)15(19)20)9-17-16(21)22-10-11-4-2-1-3-5-11/h1-8,18H,9-10H2,(H,17,21)(H,19,20). The minimum Gasteiger partial charge on any atom is -0.507 e. The molecule has 0 aromatic heterocycles. The van der Waals surface area contributed by atoms with Gasteiger partial charge in [-0.2, -0.15) is 0 Å². The maximum atomic E-state index is 11.6. The van der Waals surface area contributed by atoms with Crippen LogP contribution in [0.1, 0.15) is 21.5 Å². The molecule has 2 aromatic carbocycles. The van der Waals surface area contributed by atoms with E-state index in [0.717, 1.165) is 5.56 Å². The number of rotatable bonds is 5. The van der Waals surface area contributed by atoms with Gasteiger partial charge in [-0.3, -0.25) is 0 Å². The van der Waals surface area contributed by atoms with Gasteiger partial charge in [-0.25, -0.2) is 9.59 Å². The van der Waals surface area contributed by atoms with Gasteiger partial charge in [0.25, 0.3) is 0 Å². The summed E-state index contributed by atoms with van der Waals surface area (Å²) in [5.41, 5.74) is 1.26. The average molecular weight is 301 g/mol. The second-order valence-corrected chi connectivity index (χ2v) is 4.57. The van der Waals surface area contributed by atoms with E-state index in [2.05, 4.69) is 5.32 Å². The molecule has 0 unspecified atom stereocenters. The Morgan fingerprint density at radius 2 is 1.77 bits per heavy atom. The smallest absolute Gasteiger partial charge is 0.407 e. The zero-order valence-corrected chi connectivity index (χ0v) is 11.7. The van der Waals surface area contributed by atoms with Crippen LogP contribution in [0.4, 0.5) is 4.79 Å². The van der Waals surface area contributed by atoms with E-state index in [0.29, 0.717) is 5.56 Å². The molecule has 0 bridgehead atoms. The van der Waals surface area contributed by atoms with Crippen molar-refractivity contribution in [1.82, 2.24) is 5.32 Å². The monoisotopic (exact) mass is 301 g/mol. The van der Waals surface area contributed by atoms with Gasteiger partial charge in [-0.05, 0) is 23.3 Å².